The number of ether oxygens (including phenoxy) is 1. The van der Waals surface area contributed by atoms with Gasteiger partial charge in [0.15, 0.2) is 0 Å². The predicted molar refractivity (Wildman–Crippen MR) is 152 cm³/mol. The summed E-state index contributed by atoms with van der Waals surface area (Å²) in [6, 6.07) is 22.8. The normalized spacial score (nSPS) is 17.0. The number of carboxylic acid groups (broad SMARTS) is 1. The highest BCUT2D eigenvalue weighted by Gasteiger charge is 2.42. The summed E-state index contributed by atoms with van der Waals surface area (Å²) in [5.41, 5.74) is 2.36. The highest BCUT2D eigenvalue weighted by Crippen LogP contribution is 2.41. The molecule has 5 rings (SSSR count). The molecule has 41 heavy (non-hydrogen) atoms. The topological polar surface area (TPSA) is 70.1 Å². The van der Waals surface area contributed by atoms with E-state index in [-0.39, 0.29) is 11.3 Å². The van der Waals surface area contributed by atoms with Crippen molar-refractivity contribution in [2.75, 3.05) is 32.8 Å². The number of rotatable bonds is 6. The number of piperidine rings is 1. The van der Waals surface area contributed by atoms with Gasteiger partial charge in [-0.25, -0.2) is 4.79 Å². The highest BCUT2D eigenvalue weighted by molar-refractivity contribution is 5.98. The maximum absolute atomic E-state index is 13.3. The van der Waals surface area contributed by atoms with E-state index < -0.39 is 12.1 Å². The van der Waals surface area contributed by atoms with Crippen molar-refractivity contribution in [1.82, 2.24) is 9.80 Å². The van der Waals surface area contributed by atoms with E-state index in [0.29, 0.717) is 5.92 Å². The van der Waals surface area contributed by atoms with Crippen LogP contribution in [0.2, 0.25) is 0 Å². The Hall–Kier alpha value is -3.59. The number of para-hydroxylation sites is 1. The van der Waals surface area contributed by atoms with Crippen LogP contribution < -0.4 is 4.74 Å². The third-order valence-electron chi connectivity index (χ3n) is 7.82. The fourth-order valence-electron chi connectivity index (χ4n) is 5.48. The molecule has 2 aliphatic rings. The van der Waals surface area contributed by atoms with Crippen LogP contribution in [0.1, 0.15) is 49.0 Å². The summed E-state index contributed by atoms with van der Waals surface area (Å²) in [5, 5.41) is 9.44. The number of halogens is 3. The van der Waals surface area contributed by atoms with Gasteiger partial charge in [0.2, 0.25) is 0 Å². The number of carbonyl (C=O) groups is 2. The average molecular weight is 571 g/mol. The summed E-state index contributed by atoms with van der Waals surface area (Å²) < 4.78 is 37.8. The van der Waals surface area contributed by atoms with E-state index in [0.717, 1.165) is 75.3 Å². The molecular weight excluding hydrogens is 533 g/mol. The molecule has 9 heteroatoms. The quantitative estimate of drug-likeness (QED) is 0.360. The SMILES string of the molecule is CC(C)COc1ccccc1CN1CCC2(CC1)CCN(C(=O)c1ccc3ccccc3c1)C2.O=C(O)C(F)(F)F. The lowest BCUT2D eigenvalue weighted by Crippen LogP contribution is -2.42. The monoisotopic (exact) mass is 570 g/mol. The lowest BCUT2D eigenvalue weighted by molar-refractivity contribution is -0.192. The number of carboxylic acids is 1. The van der Waals surface area contributed by atoms with Crippen LogP contribution in [-0.2, 0) is 11.3 Å². The van der Waals surface area contributed by atoms with Crippen molar-refractivity contribution >= 4 is 22.6 Å². The van der Waals surface area contributed by atoms with Crippen LogP contribution in [0, 0.1) is 11.3 Å². The Morgan fingerprint density at radius 2 is 1.54 bits per heavy atom. The van der Waals surface area contributed by atoms with Gasteiger partial charge in [-0.15, -0.1) is 0 Å². The van der Waals surface area contributed by atoms with Crippen molar-refractivity contribution in [1.29, 1.82) is 0 Å². The molecule has 0 atom stereocenters. The van der Waals surface area contributed by atoms with E-state index in [1.165, 1.54) is 10.9 Å². The minimum atomic E-state index is -5.08. The van der Waals surface area contributed by atoms with E-state index in [2.05, 4.69) is 66.1 Å². The van der Waals surface area contributed by atoms with E-state index in [1.807, 2.05) is 24.3 Å². The molecule has 2 heterocycles. The Bertz CT molecular complexity index is 1350. The zero-order valence-electron chi connectivity index (χ0n) is 23.5. The van der Waals surface area contributed by atoms with Crippen molar-refractivity contribution in [3.05, 3.63) is 77.9 Å². The first-order valence-electron chi connectivity index (χ1n) is 14.0. The molecule has 2 aliphatic heterocycles. The molecule has 0 unspecified atom stereocenters. The van der Waals surface area contributed by atoms with E-state index >= 15 is 0 Å². The van der Waals surface area contributed by atoms with Crippen molar-refractivity contribution in [2.45, 2.75) is 45.8 Å². The van der Waals surface area contributed by atoms with Gasteiger partial charge in [0.05, 0.1) is 6.61 Å². The molecule has 1 amide bonds. The second-order valence-electron chi connectivity index (χ2n) is 11.4. The lowest BCUT2D eigenvalue weighted by Gasteiger charge is -2.39. The Morgan fingerprint density at radius 3 is 2.20 bits per heavy atom. The zero-order valence-corrected chi connectivity index (χ0v) is 23.5. The number of likely N-dealkylation sites (tertiary alicyclic amines) is 2. The van der Waals surface area contributed by atoms with Gasteiger partial charge in [-0.3, -0.25) is 9.69 Å². The van der Waals surface area contributed by atoms with Crippen molar-refractivity contribution in [3.8, 4) is 5.75 Å². The van der Waals surface area contributed by atoms with Crippen LogP contribution >= 0.6 is 0 Å². The fourth-order valence-corrected chi connectivity index (χ4v) is 5.48. The number of benzene rings is 3. The number of nitrogens with zero attached hydrogens (tertiary/aromatic N) is 2. The number of carbonyl (C=O) groups excluding carboxylic acids is 1. The van der Waals surface area contributed by atoms with Gasteiger partial charge in [-0.05, 0) is 72.7 Å². The maximum atomic E-state index is 13.3. The molecule has 0 aliphatic carbocycles. The molecule has 0 bridgehead atoms. The molecule has 3 aromatic carbocycles. The standard InChI is InChI=1S/C30H36N2O2.C2HF3O2/c1-23(2)21-34-28-10-6-5-9-27(28)20-31-16-13-30(14-17-31)15-18-32(22-30)29(33)26-12-11-24-7-3-4-8-25(24)19-26;3-2(4,5)1(6)7/h3-12,19,23H,13-18,20-22H2,1-2H3;(H,6,7). The predicted octanol–water partition coefficient (Wildman–Crippen LogP) is 6.64. The number of alkyl halides is 3. The molecule has 0 aromatic heterocycles. The molecule has 0 saturated carbocycles. The summed E-state index contributed by atoms with van der Waals surface area (Å²) in [6.45, 7) is 9.97. The van der Waals surface area contributed by atoms with Crippen molar-refractivity contribution < 1.29 is 32.6 Å². The Labute approximate surface area is 238 Å². The van der Waals surface area contributed by atoms with Gasteiger partial charge >= 0.3 is 12.1 Å². The van der Waals surface area contributed by atoms with Crippen LogP contribution in [0.25, 0.3) is 10.8 Å². The second-order valence-corrected chi connectivity index (χ2v) is 11.4. The minimum absolute atomic E-state index is 0.182. The summed E-state index contributed by atoms with van der Waals surface area (Å²) in [5.74, 6) is -1.04. The number of fused-ring (bicyclic) bond motifs is 1. The van der Waals surface area contributed by atoms with E-state index in [4.69, 9.17) is 14.6 Å². The molecular formula is C32H37F3N2O4. The summed E-state index contributed by atoms with van der Waals surface area (Å²) in [7, 11) is 0. The molecule has 6 nitrogen and oxygen atoms in total. The number of hydrogen-bond acceptors (Lipinski definition) is 4. The number of amides is 1. The van der Waals surface area contributed by atoms with Gasteiger partial charge in [0.1, 0.15) is 5.75 Å². The van der Waals surface area contributed by atoms with E-state index in [1.54, 1.807) is 0 Å². The van der Waals surface area contributed by atoms with Crippen LogP contribution in [0.5, 0.6) is 5.75 Å². The van der Waals surface area contributed by atoms with Crippen LogP contribution in [-0.4, -0.2) is 65.7 Å². The molecule has 3 aromatic rings. The van der Waals surface area contributed by atoms with Gasteiger partial charge in [-0.1, -0.05) is 62.4 Å². The van der Waals surface area contributed by atoms with E-state index in [9.17, 15) is 18.0 Å². The second kappa shape index (κ2) is 12.9. The molecule has 0 radical (unpaired) electrons. The fraction of sp³-hybridized carbons (Fsp3) is 0.438. The molecule has 2 fully saturated rings. The maximum Gasteiger partial charge on any atom is 0.490 e. The first-order valence-corrected chi connectivity index (χ1v) is 14.0. The first kappa shape index (κ1) is 30.4. The summed E-state index contributed by atoms with van der Waals surface area (Å²) in [4.78, 5) is 26.8. The Balaban J connectivity index is 0.000000493. The van der Waals surface area contributed by atoms with Crippen LogP contribution in [0.4, 0.5) is 13.2 Å². The van der Waals surface area contributed by atoms with Crippen LogP contribution in [0.3, 0.4) is 0 Å². The molecule has 1 spiro atoms. The van der Waals surface area contributed by atoms with Gasteiger partial charge in [-0.2, -0.15) is 13.2 Å². The average Bonchev–Trinajstić information content (AvgIpc) is 3.36. The number of aliphatic carboxylic acids is 1. The Morgan fingerprint density at radius 1 is 0.927 bits per heavy atom. The summed E-state index contributed by atoms with van der Waals surface area (Å²) in [6.07, 6.45) is -1.65. The zero-order chi connectivity index (χ0) is 29.6. The number of hydrogen-bond donors (Lipinski definition) is 1. The molecule has 1 N–H and O–H groups in total. The third-order valence-corrected chi connectivity index (χ3v) is 7.82. The first-order chi connectivity index (χ1) is 19.5. The van der Waals surface area contributed by atoms with Gasteiger partial charge in [0, 0.05) is 30.8 Å². The van der Waals surface area contributed by atoms with Crippen LogP contribution in [0.15, 0.2) is 66.7 Å². The van der Waals surface area contributed by atoms with Gasteiger partial charge < -0.3 is 14.7 Å². The lowest BCUT2D eigenvalue weighted by atomic mass is 9.77. The smallest absolute Gasteiger partial charge is 0.490 e. The molecule has 220 valence electrons. The largest absolute Gasteiger partial charge is 0.493 e. The Kier molecular flexibility index (Phi) is 9.58. The van der Waals surface area contributed by atoms with Gasteiger partial charge in [0.25, 0.3) is 5.91 Å². The summed E-state index contributed by atoms with van der Waals surface area (Å²) >= 11 is 0. The third kappa shape index (κ3) is 8.00. The van der Waals surface area contributed by atoms with Crippen molar-refractivity contribution in [2.24, 2.45) is 11.3 Å². The van der Waals surface area contributed by atoms with Crippen molar-refractivity contribution in [3.63, 3.8) is 0 Å². The molecule has 2 saturated heterocycles. The highest BCUT2D eigenvalue weighted by atomic mass is 19.4. The minimum Gasteiger partial charge on any atom is -0.493 e.